The van der Waals surface area contributed by atoms with Crippen LogP contribution in [0.15, 0.2) is 48.7 Å². The molecule has 0 spiro atoms. The fraction of sp³-hybridized carbons (Fsp3) is 0.333. The lowest BCUT2D eigenvalue weighted by Crippen LogP contribution is -2.39. The predicted octanol–water partition coefficient (Wildman–Crippen LogP) is 1.84. The highest BCUT2D eigenvalue weighted by Gasteiger charge is 2.24. The third-order valence-corrected chi connectivity index (χ3v) is 7.82. The molecule has 0 fully saturated rings. The number of nitro groups is 1. The lowest BCUT2D eigenvalue weighted by Gasteiger charge is -2.20. The first-order valence-corrected chi connectivity index (χ1v) is 13.8. The van der Waals surface area contributed by atoms with E-state index in [2.05, 4.69) is 9.71 Å². The Kier molecular flexibility index (Phi) is 8.05. The highest BCUT2D eigenvalue weighted by atomic mass is 32.2. The molecule has 34 heavy (non-hydrogen) atoms. The second-order valence-electron chi connectivity index (χ2n) is 7.88. The normalized spacial score (nSPS) is 12.4. The maximum Gasteiger partial charge on any atom is 0.269 e. The van der Waals surface area contributed by atoms with E-state index in [4.69, 9.17) is 5.11 Å². The smallest absolute Gasteiger partial charge is 0.269 e. The van der Waals surface area contributed by atoms with E-state index in [-0.39, 0.29) is 25.4 Å². The van der Waals surface area contributed by atoms with Crippen molar-refractivity contribution < 1.29 is 26.9 Å². The summed E-state index contributed by atoms with van der Waals surface area (Å²) in [4.78, 5) is 13.3. The van der Waals surface area contributed by atoms with E-state index in [9.17, 15) is 26.9 Å². The monoisotopic (exact) mass is 510 g/mol. The van der Waals surface area contributed by atoms with Crippen LogP contribution in [-0.4, -0.2) is 54.9 Å². The number of hydrogen-bond donors (Lipinski definition) is 3. The van der Waals surface area contributed by atoms with Crippen molar-refractivity contribution in [2.24, 2.45) is 0 Å². The van der Waals surface area contributed by atoms with Crippen LogP contribution in [0.5, 0.6) is 0 Å². The summed E-state index contributed by atoms with van der Waals surface area (Å²) in [5.41, 5.74) is 2.84. The molecule has 0 atom stereocenters. The van der Waals surface area contributed by atoms with Gasteiger partial charge < -0.3 is 10.1 Å². The van der Waals surface area contributed by atoms with Crippen LogP contribution in [0.2, 0.25) is 0 Å². The predicted molar refractivity (Wildman–Crippen MR) is 128 cm³/mol. The third-order valence-electron chi connectivity index (χ3n) is 5.22. The van der Waals surface area contributed by atoms with E-state index < -0.39 is 30.8 Å². The molecule has 0 unspecified atom stereocenters. The number of aliphatic hydroxyl groups excluding tert-OH is 1. The molecule has 1 heterocycles. The van der Waals surface area contributed by atoms with Crippen LogP contribution in [0.1, 0.15) is 23.1 Å². The van der Waals surface area contributed by atoms with Crippen molar-refractivity contribution in [3.63, 3.8) is 0 Å². The minimum Gasteiger partial charge on any atom is -0.396 e. The number of non-ortho nitro benzene ring substituents is 1. The van der Waals surface area contributed by atoms with Gasteiger partial charge in [-0.3, -0.25) is 10.1 Å². The number of aliphatic hydroxyl groups is 1. The average Bonchev–Trinajstić information content (AvgIpc) is 3.17. The van der Waals surface area contributed by atoms with Crippen LogP contribution in [0.3, 0.4) is 0 Å². The van der Waals surface area contributed by atoms with Gasteiger partial charge in [-0.15, -0.1) is 0 Å². The van der Waals surface area contributed by atoms with Crippen LogP contribution >= 0.6 is 0 Å². The van der Waals surface area contributed by atoms with Gasteiger partial charge in [-0.25, -0.2) is 21.6 Å². The lowest BCUT2D eigenvalue weighted by molar-refractivity contribution is -0.384. The molecule has 3 aromatic rings. The van der Waals surface area contributed by atoms with Crippen LogP contribution in [0.25, 0.3) is 10.9 Å². The Morgan fingerprint density at radius 3 is 2.38 bits per heavy atom. The molecule has 0 saturated carbocycles. The SMILES string of the molecule is CS(=O)(=O)N(Cc1ccc2[nH]cc(CCCO)c2c1)CS(=O)(=O)NCc1ccc([N+](=O)[O-])cc1. The molecule has 0 aliphatic rings. The van der Waals surface area contributed by atoms with Gasteiger partial charge in [0, 0.05) is 48.9 Å². The van der Waals surface area contributed by atoms with Crippen molar-refractivity contribution in [1.29, 1.82) is 0 Å². The Bertz CT molecular complexity index is 1370. The van der Waals surface area contributed by atoms with Crippen LogP contribution < -0.4 is 4.72 Å². The van der Waals surface area contributed by atoms with E-state index in [0.29, 0.717) is 24.0 Å². The summed E-state index contributed by atoms with van der Waals surface area (Å²) in [6.07, 6.45) is 4.02. The molecule has 184 valence electrons. The van der Waals surface area contributed by atoms with Gasteiger partial charge in [0.05, 0.1) is 11.2 Å². The maximum atomic E-state index is 12.6. The van der Waals surface area contributed by atoms with Crippen LogP contribution in [0, 0.1) is 10.1 Å². The highest BCUT2D eigenvalue weighted by Crippen LogP contribution is 2.22. The van der Waals surface area contributed by atoms with Gasteiger partial charge in [0.25, 0.3) is 5.69 Å². The van der Waals surface area contributed by atoms with Gasteiger partial charge in [-0.2, -0.15) is 4.31 Å². The number of hydrogen-bond acceptors (Lipinski definition) is 7. The first-order valence-electron chi connectivity index (χ1n) is 10.3. The average molecular weight is 511 g/mol. The van der Waals surface area contributed by atoms with E-state index >= 15 is 0 Å². The topological polar surface area (TPSA) is 163 Å². The number of fused-ring (bicyclic) bond motifs is 1. The van der Waals surface area contributed by atoms with Gasteiger partial charge in [0.1, 0.15) is 5.88 Å². The largest absolute Gasteiger partial charge is 0.396 e. The van der Waals surface area contributed by atoms with E-state index in [1.54, 1.807) is 12.1 Å². The fourth-order valence-electron chi connectivity index (χ4n) is 3.43. The third kappa shape index (κ3) is 6.84. The fourth-order valence-corrected chi connectivity index (χ4v) is 5.94. The van der Waals surface area contributed by atoms with Crippen molar-refractivity contribution in [2.75, 3.05) is 18.7 Å². The van der Waals surface area contributed by atoms with E-state index in [1.165, 1.54) is 24.3 Å². The van der Waals surface area contributed by atoms with E-state index in [1.807, 2.05) is 12.3 Å². The number of aromatic amines is 1. The van der Waals surface area contributed by atoms with E-state index in [0.717, 1.165) is 27.0 Å². The number of nitrogens with one attached hydrogen (secondary N) is 2. The van der Waals surface area contributed by atoms with Crippen LogP contribution in [0.4, 0.5) is 5.69 Å². The van der Waals surface area contributed by atoms with Gasteiger partial charge in [0.15, 0.2) is 0 Å². The molecule has 0 aliphatic heterocycles. The summed E-state index contributed by atoms with van der Waals surface area (Å²) < 4.78 is 53.1. The minimum absolute atomic E-state index is 0.0545. The number of rotatable bonds is 12. The van der Waals surface area contributed by atoms with Gasteiger partial charge in [0.2, 0.25) is 20.0 Å². The minimum atomic E-state index is -4.03. The summed E-state index contributed by atoms with van der Waals surface area (Å²) in [6.45, 7) is -0.224. The quantitative estimate of drug-likeness (QED) is 0.247. The molecule has 0 radical (unpaired) electrons. The summed E-state index contributed by atoms with van der Waals surface area (Å²) in [5.74, 6) is -0.776. The van der Waals surface area contributed by atoms with Crippen LogP contribution in [-0.2, 0) is 39.6 Å². The van der Waals surface area contributed by atoms with Crippen molar-refractivity contribution >= 4 is 36.6 Å². The summed E-state index contributed by atoms with van der Waals surface area (Å²) in [6, 6.07) is 10.7. The molecule has 13 heteroatoms. The summed E-state index contributed by atoms with van der Waals surface area (Å²) in [5, 5.41) is 20.7. The second-order valence-corrected chi connectivity index (χ2v) is 11.6. The Balaban J connectivity index is 1.73. The number of aromatic nitrogens is 1. The second kappa shape index (κ2) is 10.6. The lowest BCUT2D eigenvalue weighted by atomic mass is 10.1. The van der Waals surface area contributed by atoms with Crippen molar-refractivity contribution in [3.8, 4) is 0 Å². The molecule has 3 N–H and O–H groups in total. The van der Waals surface area contributed by atoms with Gasteiger partial charge in [-0.1, -0.05) is 18.2 Å². The number of nitrogens with zero attached hydrogens (tertiary/aromatic N) is 2. The van der Waals surface area contributed by atoms with Gasteiger partial charge >= 0.3 is 0 Å². The summed E-state index contributed by atoms with van der Waals surface area (Å²) in [7, 11) is -7.89. The molecule has 0 bridgehead atoms. The number of benzene rings is 2. The standard InChI is InChI=1S/C21H26N4O7S2/c1-33(29,30)24(14-17-6-9-21-20(11-17)18(13-22-21)3-2-10-26)15-34(31,32)23-12-16-4-7-19(8-5-16)25(27)28/h4-9,11,13,22-23,26H,2-3,10,12,14-15H2,1H3. The number of sulfonamides is 2. The zero-order valence-corrected chi connectivity index (χ0v) is 20.1. The molecule has 11 nitrogen and oxygen atoms in total. The molecule has 0 amide bonds. The molecule has 1 aromatic heterocycles. The summed E-state index contributed by atoms with van der Waals surface area (Å²) >= 11 is 0. The molecular formula is C21H26N4O7S2. The number of nitro benzene ring substituents is 1. The molecule has 2 aromatic carbocycles. The molecule has 3 rings (SSSR count). The number of H-pyrrole nitrogens is 1. The first-order chi connectivity index (χ1) is 16.0. The Labute approximate surface area is 197 Å². The molecular weight excluding hydrogens is 484 g/mol. The first kappa shape index (κ1) is 25.8. The Hall–Kier alpha value is -2.84. The van der Waals surface area contributed by atoms with Crippen molar-refractivity contribution in [3.05, 3.63) is 75.5 Å². The highest BCUT2D eigenvalue weighted by molar-refractivity contribution is 7.92. The van der Waals surface area contributed by atoms with Gasteiger partial charge in [-0.05, 0) is 41.7 Å². The van der Waals surface area contributed by atoms with Crippen molar-refractivity contribution in [2.45, 2.75) is 25.9 Å². The Morgan fingerprint density at radius 2 is 1.76 bits per heavy atom. The Morgan fingerprint density at radius 1 is 1.09 bits per heavy atom. The molecule has 0 aliphatic carbocycles. The zero-order chi connectivity index (χ0) is 24.9. The van der Waals surface area contributed by atoms with Crippen molar-refractivity contribution in [1.82, 2.24) is 14.0 Å². The molecule has 0 saturated heterocycles. The number of aryl methyl sites for hydroxylation is 1. The zero-order valence-electron chi connectivity index (χ0n) is 18.5. The maximum absolute atomic E-state index is 12.6.